The van der Waals surface area contributed by atoms with E-state index in [0.29, 0.717) is 27.2 Å². The van der Waals surface area contributed by atoms with Gasteiger partial charge in [-0.15, -0.1) is 0 Å². The molecule has 0 atom stereocenters. The summed E-state index contributed by atoms with van der Waals surface area (Å²) < 4.78 is 0. The number of rotatable bonds is 5. The standard InChI is InChI=1S/C15H16Cl2N4O/c1-3-21(4-2)15-18-8-10(9-19-15)14(22)20-13-7-11(16)5-6-12(13)17/h5-9H,3-4H2,1-2H3,(H,20,22). The number of hydrogen-bond acceptors (Lipinski definition) is 4. The third-order valence-electron chi connectivity index (χ3n) is 3.12. The average molecular weight is 339 g/mol. The largest absolute Gasteiger partial charge is 0.341 e. The average Bonchev–Trinajstić information content (AvgIpc) is 2.53. The Morgan fingerprint density at radius 1 is 1.18 bits per heavy atom. The molecule has 1 amide bonds. The van der Waals surface area contributed by atoms with Crippen LogP contribution in [0.1, 0.15) is 24.2 Å². The van der Waals surface area contributed by atoms with Gasteiger partial charge in [0.05, 0.1) is 16.3 Å². The van der Waals surface area contributed by atoms with Gasteiger partial charge in [-0.1, -0.05) is 23.2 Å². The van der Waals surface area contributed by atoms with Crippen LogP contribution in [0.2, 0.25) is 10.0 Å². The lowest BCUT2D eigenvalue weighted by Crippen LogP contribution is -2.24. The molecule has 1 aromatic heterocycles. The summed E-state index contributed by atoms with van der Waals surface area (Å²) in [6.07, 6.45) is 2.99. The molecule has 2 rings (SSSR count). The molecule has 0 bridgehead atoms. The van der Waals surface area contributed by atoms with Gasteiger partial charge in [-0.3, -0.25) is 4.79 Å². The smallest absolute Gasteiger partial charge is 0.258 e. The van der Waals surface area contributed by atoms with Gasteiger partial charge in [0.15, 0.2) is 0 Å². The number of hydrogen-bond donors (Lipinski definition) is 1. The van der Waals surface area contributed by atoms with Crippen LogP contribution in [0.3, 0.4) is 0 Å². The van der Waals surface area contributed by atoms with Crippen molar-refractivity contribution in [3.8, 4) is 0 Å². The number of carbonyl (C=O) groups excluding carboxylic acids is 1. The fourth-order valence-corrected chi connectivity index (χ4v) is 2.23. The quantitative estimate of drug-likeness (QED) is 0.898. The molecule has 0 aliphatic heterocycles. The predicted molar refractivity (Wildman–Crippen MR) is 90.0 cm³/mol. The first-order valence-electron chi connectivity index (χ1n) is 6.88. The SMILES string of the molecule is CCN(CC)c1ncc(C(=O)Nc2cc(Cl)ccc2Cl)cn1. The molecule has 0 fully saturated rings. The van der Waals surface area contributed by atoms with Gasteiger partial charge in [0.1, 0.15) is 0 Å². The summed E-state index contributed by atoms with van der Waals surface area (Å²) in [5.74, 6) is 0.262. The van der Waals surface area contributed by atoms with Crippen molar-refractivity contribution in [2.24, 2.45) is 0 Å². The Kier molecular flexibility index (Phi) is 5.57. The summed E-state index contributed by atoms with van der Waals surface area (Å²) >= 11 is 11.9. The van der Waals surface area contributed by atoms with E-state index in [0.717, 1.165) is 13.1 Å². The van der Waals surface area contributed by atoms with Crippen LogP contribution in [-0.4, -0.2) is 29.0 Å². The van der Waals surface area contributed by atoms with Crippen molar-refractivity contribution in [1.29, 1.82) is 0 Å². The highest BCUT2D eigenvalue weighted by Gasteiger charge is 2.11. The second-order valence-corrected chi connectivity index (χ2v) is 5.37. The Hall–Kier alpha value is -1.85. The third-order valence-corrected chi connectivity index (χ3v) is 3.69. The normalized spacial score (nSPS) is 10.4. The van der Waals surface area contributed by atoms with E-state index in [2.05, 4.69) is 15.3 Å². The molecule has 0 aliphatic carbocycles. The van der Waals surface area contributed by atoms with Gasteiger partial charge >= 0.3 is 0 Å². The number of nitrogens with zero attached hydrogens (tertiary/aromatic N) is 3. The van der Waals surface area contributed by atoms with E-state index < -0.39 is 0 Å². The maximum Gasteiger partial charge on any atom is 0.258 e. The minimum atomic E-state index is -0.338. The number of nitrogens with one attached hydrogen (secondary N) is 1. The van der Waals surface area contributed by atoms with Gasteiger partial charge in [-0.2, -0.15) is 0 Å². The van der Waals surface area contributed by atoms with Gasteiger partial charge in [0, 0.05) is 30.5 Å². The van der Waals surface area contributed by atoms with Crippen molar-refractivity contribution in [2.45, 2.75) is 13.8 Å². The molecule has 116 valence electrons. The van der Waals surface area contributed by atoms with Crippen molar-refractivity contribution < 1.29 is 4.79 Å². The van der Waals surface area contributed by atoms with E-state index in [4.69, 9.17) is 23.2 Å². The molecule has 7 heteroatoms. The van der Waals surface area contributed by atoms with Gasteiger partial charge in [0.2, 0.25) is 5.95 Å². The monoisotopic (exact) mass is 338 g/mol. The Balaban J connectivity index is 2.14. The highest BCUT2D eigenvalue weighted by molar-refractivity contribution is 6.35. The summed E-state index contributed by atoms with van der Waals surface area (Å²) in [4.78, 5) is 22.6. The van der Waals surface area contributed by atoms with Crippen LogP contribution in [0.25, 0.3) is 0 Å². The molecule has 22 heavy (non-hydrogen) atoms. The van der Waals surface area contributed by atoms with Gasteiger partial charge in [-0.25, -0.2) is 9.97 Å². The lowest BCUT2D eigenvalue weighted by Gasteiger charge is -2.18. The molecule has 2 aromatic rings. The van der Waals surface area contributed by atoms with Crippen molar-refractivity contribution in [2.75, 3.05) is 23.3 Å². The number of anilines is 2. The molecule has 1 N–H and O–H groups in total. The van der Waals surface area contributed by atoms with Crippen LogP contribution in [0.4, 0.5) is 11.6 Å². The zero-order valence-electron chi connectivity index (χ0n) is 12.3. The second-order valence-electron chi connectivity index (χ2n) is 4.52. The van der Waals surface area contributed by atoms with Crippen LogP contribution in [0.5, 0.6) is 0 Å². The first-order valence-corrected chi connectivity index (χ1v) is 7.64. The number of halogens is 2. The topological polar surface area (TPSA) is 58.1 Å². The van der Waals surface area contributed by atoms with Crippen molar-refractivity contribution in [1.82, 2.24) is 9.97 Å². The van der Waals surface area contributed by atoms with E-state index in [9.17, 15) is 4.79 Å². The molecular formula is C15H16Cl2N4O. The molecule has 0 saturated carbocycles. The van der Waals surface area contributed by atoms with E-state index in [1.165, 1.54) is 12.4 Å². The first kappa shape index (κ1) is 16.5. The molecule has 0 saturated heterocycles. The van der Waals surface area contributed by atoms with Crippen LogP contribution < -0.4 is 10.2 Å². The predicted octanol–water partition coefficient (Wildman–Crippen LogP) is 3.88. The first-order chi connectivity index (χ1) is 10.5. The molecule has 1 aromatic carbocycles. The summed E-state index contributed by atoms with van der Waals surface area (Å²) in [5.41, 5.74) is 0.805. The minimum absolute atomic E-state index is 0.338. The van der Waals surface area contributed by atoms with E-state index in [1.54, 1.807) is 18.2 Å². The summed E-state index contributed by atoms with van der Waals surface area (Å²) in [6.45, 7) is 5.66. The maximum absolute atomic E-state index is 12.2. The molecule has 0 spiro atoms. The van der Waals surface area contributed by atoms with E-state index >= 15 is 0 Å². The Morgan fingerprint density at radius 3 is 2.41 bits per heavy atom. The van der Waals surface area contributed by atoms with Crippen molar-refractivity contribution in [3.05, 3.63) is 46.2 Å². The van der Waals surface area contributed by atoms with Crippen LogP contribution >= 0.6 is 23.2 Å². The summed E-state index contributed by atoms with van der Waals surface area (Å²) in [5, 5.41) is 3.60. The second kappa shape index (κ2) is 7.42. The van der Waals surface area contributed by atoms with Crippen molar-refractivity contribution >= 4 is 40.7 Å². The van der Waals surface area contributed by atoms with Crippen molar-refractivity contribution in [3.63, 3.8) is 0 Å². The van der Waals surface area contributed by atoms with Gasteiger partial charge < -0.3 is 10.2 Å². The Labute approximate surface area is 139 Å². The van der Waals surface area contributed by atoms with E-state index in [1.807, 2.05) is 18.7 Å². The number of amides is 1. The molecule has 0 radical (unpaired) electrons. The lowest BCUT2D eigenvalue weighted by atomic mass is 10.2. The Bertz CT molecular complexity index is 657. The highest BCUT2D eigenvalue weighted by atomic mass is 35.5. The van der Waals surface area contributed by atoms with Crippen LogP contribution in [0.15, 0.2) is 30.6 Å². The zero-order chi connectivity index (χ0) is 16.1. The zero-order valence-corrected chi connectivity index (χ0v) is 13.8. The van der Waals surface area contributed by atoms with Crippen LogP contribution in [-0.2, 0) is 0 Å². The third kappa shape index (κ3) is 3.87. The number of aromatic nitrogens is 2. The van der Waals surface area contributed by atoms with E-state index in [-0.39, 0.29) is 5.91 Å². The van der Waals surface area contributed by atoms with Gasteiger partial charge in [0.25, 0.3) is 5.91 Å². The summed E-state index contributed by atoms with van der Waals surface area (Å²) in [7, 11) is 0. The van der Waals surface area contributed by atoms with Crippen LogP contribution in [0, 0.1) is 0 Å². The molecule has 0 aliphatic rings. The highest BCUT2D eigenvalue weighted by Crippen LogP contribution is 2.25. The Morgan fingerprint density at radius 2 is 1.82 bits per heavy atom. The molecule has 5 nitrogen and oxygen atoms in total. The number of carbonyl (C=O) groups is 1. The number of benzene rings is 1. The molecular weight excluding hydrogens is 323 g/mol. The molecule has 1 heterocycles. The maximum atomic E-state index is 12.2. The fraction of sp³-hybridized carbons (Fsp3) is 0.267. The minimum Gasteiger partial charge on any atom is -0.341 e. The summed E-state index contributed by atoms with van der Waals surface area (Å²) in [6, 6.07) is 4.87. The lowest BCUT2D eigenvalue weighted by molar-refractivity contribution is 0.102. The molecule has 0 unspecified atom stereocenters. The fourth-order valence-electron chi connectivity index (χ4n) is 1.90. The van der Waals surface area contributed by atoms with Gasteiger partial charge in [-0.05, 0) is 32.0 Å².